The quantitative estimate of drug-likeness (QED) is 0.802. The summed E-state index contributed by atoms with van der Waals surface area (Å²) in [6, 6.07) is 10.1. The fourth-order valence-electron chi connectivity index (χ4n) is 2.64. The van der Waals surface area contributed by atoms with Crippen LogP contribution >= 0.6 is 0 Å². The summed E-state index contributed by atoms with van der Waals surface area (Å²) in [5.74, 6) is -0.210. The van der Waals surface area contributed by atoms with Crippen molar-refractivity contribution >= 4 is 5.97 Å². The van der Waals surface area contributed by atoms with Crippen LogP contribution in [0, 0.1) is 11.3 Å². The van der Waals surface area contributed by atoms with Crippen molar-refractivity contribution in [3.05, 3.63) is 35.4 Å². The van der Waals surface area contributed by atoms with Gasteiger partial charge in [0, 0.05) is 13.1 Å². The molecule has 0 bridgehead atoms. The number of fused-ring (bicyclic) bond motifs is 1. The van der Waals surface area contributed by atoms with E-state index in [-0.39, 0.29) is 12.0 Å². The highest BCUT2D eigenvalue weighted by molar-refractivity contribution is 5.70. The summed E-state index contributed by atoms with van der Waals surface area (Å²) in [6.07, 6.45) is 1.24. The first-order valence-electron chi connectivity index (χ1n) is 7.34. The van der Waals surface area contributed by atoms with Crippen LogP contribution in [0.5, 0.6) is 0 Å². The highest BCUT2D eigenvalue weighted by Crippen LogP contribution is 2.29. The molecule has 1 aliphatic heterocycles. The Labute approximate surface area is 126 Å². The molecule has 1 unspecified atom stereocenters. The summed E-state index contributed by atoms with van der Waals surface area (Å²) >= 11 is 0. The van der Waals surface area contributed by atoms with Gasteiger partial charge < -0.3 is 4.74 Å². The number of nitrogens with zero attached hydrogens (tertiary/aromatic N) is 2. The van der Waals surface area contributed by atoms with Gasteiger partial charge in [0.25, 0.3) is 0 Å². The summed E-state index contributed by atoms with van der Waals surface area (Å²) in [7, 11) is 0. The van der Waals surface area contributed by atoms with Crippen molar-refractivity contribution in [3.63, 3.8) is 0 Å². The van der Waals surface area contributed by atoms with Crippen LogP contribution in [0.25, 0.3) is 0 Å². The molecule has 0 saturated heterocycles. The number of hydrogen-bond donors (Lipinski definition) is 0. The van der Waals surface area contributed by atoms with Crippen molar-refractivity contribution in [2.45, 2.75) is 45.3 Å². The largest absolute Gasteiger partial charge is 0.460 e. The zero-order valence-electron chi connectivity index (χ0n) is 12.9. The topological polar surface area (TPSA) is 53.3 Å². The first-order chi connectivity index (χ1) is 9.90. The number of nitriles is 1. The van der Waals surface area contributed by atoms with E-state index in [0.717, 1.165) is 18.5 Å². The van der Waals surface area contributed by atoms with Crippen molar-refractivity contribution in [2.24, 2.45) is 0 Å². The second kappa shape index (κ2) is 6.28. The number of hydrogen-bond acceptors (Lipinski definition) is 4. The second-order valence-corrected chi connectivity index (χ2v) is 6.35. The van der Waals surface area contributed by atoms with Gasteiger partial charge in [0.2, 0.25) is 0 Å². The van der Waals surface area contributed by atoms with E-state index < -0.39 is 5.60 Å². The number of carbonyl (C=O) groups excluding carboxylic acids is 1. The van der Waals surface area contributed by atoms with Gasteiger partial charge in [-0.25, -0.2) is 0 Å². The van der Waals surface area contributed by atoms with E-state index >= 15 is 0 Å². The van der Waals surface area contributed by atoms with E-state index in [9.17, 15) is 10.1 Å². The van der Waals surface area contributed by atoms with Crippen LogP contribution in [-0.2, 0) is 16.0 Å². The molecule has 0 amide bonds. The molecule has 1 aromatic carbocycles. The second-order valence-electron chi connectivity index (χ2n) is 6.35. The van der Waals surface area contributed by atoms with Gasteiger partial charge in [-0.3, -0.25) is 9.69 Å². The minimum absolute atomic E-state index is 0.210. The standard InChI is InChI=1S/C17H22N2O2/c1-17(2,3)21-16(20)9-11-19-10-8-13-6-4-5-7-14(13)15(19)12-18/h4-7,15H,8-11H2,1-3H3. The first-order valence-corrected chi connectivity index (χ1v) is 7.34. The highest BCUT2D eigenvalue weighted by atomic mass is 16.6. The molecule has 4 heteroatoms. The molecule has 4 nitrogen and oxygen atoms in total. The summed E-state index contributed by atoms with van der Waals surface area (Å²) in [5, 5.41) is 9.45. The Morgan fingerprint density at radius 1 is 1.43 bits per heavy atom. The molecule has 1 aromatic rings. The third-order valence-electron chi connectivity index (χ3n) is 3.53. The number of benzene rings is 1. The summed E-state index contributed by atoms with van der Waals surface area (Å²) in [6.45, 7) is 6.94. The van der Waals surface area contributed by atoms with E-state index in [4.69, 9.17) is 4.74 Å². The van der Waals surface area contributed by atoms with Gasteiger partial charge in [-0.1, -0.05) is 24.3 Å². The summed E-state index contributed by atoms with van der Waals surface area (Å²) < 4.78 is 5.32. The Hall–Kier alpha value is -1.86. The lowest BCUT2D eigenvalue weighted by molar-refractivity contribution is -0.155. The van der Waals surface area contributed by atoms with Gasteiger partial charge in [0.15, 0.2) is 0 Å². The van der Waals surface area contributed by atoms with Crippen LogP contribution < -0.4 is 0 Å². The maximum atomic E-state index is 11.8. The monoisotopic (exact) mass is 286 g/mol. The fraction of sp³-hybridized carbons (Fsp3) is 0.529. The Kier molecular flexibility index (Phi) is 4.64. The molecule has 1 heterocycles. The van der Waals surface area contributed by atoms with E-state index in [2.05, 4.69) is 17.0 Å². The Morgan fingerprint density at radius 3 is 2.81 bits per heavy atom. The third kappa shape index (κ3) is 4.05. The number of ether oxygens (including phenoxy) is 1. The Morgan fingerprint density at radius 2 is 2.14 bits per heavy atom. The molecule has 0 saturated carbocycles. The van der Waals surface area contributed by atoms with E-state index in [1.165, 1.54) is 5.56 Å². The third-order valence-corrected chi connectivity index (χ3v) is 3.53. The minimum Gasteiger partial charge on any atom is -0.460 e. The van der Waals surface area contributed by atoms with Gasteiger partial charge in [0.05, 0.1) is 12.5 Å². The van der Waals surface area contributed by atoms with E-state index in [1.807, 2.05) is 39.0 Å². The van der Waals surface area contributed by atoms with Crippen molar-refractivity contribution in [3.8, 4) is 6.07 Å². The molecule has 2 rings (SSSR count). The Balaban J connectivity index is 1.99. The van der Waals surface area contributed by atoms with Gasteiger partial charge >= 0.3 is 5.97 Å². The predicted molar refractivity (Wildman–Crippen MR) is 80.5 cm³/mol. The first kappa shape index (κ1) is 15.5. The lowest BCUT2D eigenvalue weighted by atomic mass is 9.93. The van der Waals surface area contributed by atoms with Crippen molar-refractivity contribution in [1.82, 2.24) is 4.90 Å². The van der Waals surface area contributed by atoms with Crippen LogP contribution in [0.15, 0.2) is 24.3 Å². The maximum Gasteiger partial charge on any atom is 0.307 e. The van der Waals surface area contributed by atoms with Crippen molar-refractivity contribution in [2.75, 3.05) is 13.1 Å². The van der Waals surface area contributed by atoms with Gasteiger partial charge in [-0.05, 0) is 38.3 Å². The molecule has 21 heavy (non-hydrogen) atoms. The summed E-state index contributed by atoms with van der Waals surface area (Å²) in [4.78, 5) is 13.9. The van der Waals surface area contributed by atoms with Gasteiger partial charge in [0.1, 0.15) is 11.6 Å². The lowest BCUT2D eigenvalue weighted by Crippen LogP contribution is -2.37. The molecule has 0 aliphatic carbocycles. The molecule has 0 aromatic heterocycles. The number of carbonyl (C=O) groups is 1. The zero-order chi connectivity index (χ0) is 15.5. The zero-order valence-corrected chi connectivity index (χ0v) is 12.9. The normalized spacial score (nSPS) is 18.7. The van der Waals surface area contributed by atoms with Crippen LogP contribution in [0.1, 0.15) is 44.4 Å². The van der Waals surface area contributed by atoms with Gasteiger partial charge in [-0.2, -0.15) is 5.26 Å². The van der Waals surface area contributed by atoms with Crippen LogP contribution in [0.4, 0.5) is 0 Å². The molecule has 1 aliphatic rings. The molecule has 112 valence electrons. The molecule has 0 N–H and O–H groups in total. The predicted octanol–water partition coefficient (Wildman–Crippen LogP) is 2.84. The van der Waals surface area contributed by atoms with Crippen LogP contribution in [0.2, 0.25) is 0 Å². The number of rotatable bonds is 3. The lowest BCUT2D eigenvalue weighted by Gasteiger charge is -2.33. The number of esters is 1. The summed E-state index contributed by atoms with van der Waals surface area (Å²) in [5.41, 5.74) is 1.84. The maximum absolute atomic E-state index is 11.8. The van der Waals surface area contributed by atoms with E-state index in [1.54, 1.807) is 0 Å². The molecular weight excluding hydrogens is 264 g/mol. The Bertz CT molecular complexity index is 555. The van der Waals surface area contributed by atoms with Crippen molar-refractivity contribution in [1.29, 1.82) is 5.26 Å². The van der Waals surface area contributed by atoms with Crippen LogP contribution in [-0.4, -0.2) is 29.6 Å². The van der Waals surface area contributed by atoms with Crippen LogP contribution in [0.3, 0.4) is 0 Å². The average Bonchev–Trinajstić information content (AvgIpc) is 2.42. The molecule has 0 spiro atoms. The SMILES string of the molecule is CC(C)(C)OC(=O)CCN1CCc2ccccc2C1C#N. The molecule has 0 fully saturated rings. The molecule has 1 atom stereocenters. The molecule has 0 radical (unpaired) electrons. The van der Waals surface area contributed by atoms with Crippen molar-refractivity contribution < 1.29 is 9.53 Å². The van der Waals surface area contributed by atoms with Gasteiger partial charge in [-0.15, -0.1) is 0 Å². The van der Waals surface area contributed by atoms with E-state index in [0.29, 0.717) is 13.0 Å². The fourth-order valence-corrected chi connectivity index (χ4v) is 2.64. The minimum atomic E-state index is -0.458. The highest BCUT2D eigenvalue weighted by Gasteiger charge is 2.27. The smallest absolute Gasteiger partial charge is 0.307 e. The molecular formula is C17H22N2O2. The average molecular weight is 286 g/mol.